The van der Waals surface area contributed by atoms with E-state index in [2.05, 4.69) is 10.6 Å². The van der Waals surface area contributed by atoms with Gasteiger partial charge in [0.25, 0.3) is 0 Å². The topological polar surface area (TPSA) is 61.4 Å². The molecule has 3 atom stereocenters. The van der Waals surface area contributed by atoms with Crippen LogP contribution in [0.25, 0.3) is 0 Å². The second kappa shape index (κ2) is 3.19. The molecule has 3 N–H and O–H groups in total. The Labute approximate surface area is 89.4 Å². The number of hydrogen-bond acceptors (Lipinski definition) is 3. The van der Waals surface area contributed by atoms with Crippen molar-refractivity contribution in [3.8, 4) is 0 Å². The minimum atomic E-state index is -0.251. The highest BCUT2D eigenvalue weighted by Crippen LogP contribution is 2.37. The molecule has 84 valence electrons. The summed E-state index contributed by atoms with van der Waals surface area (Å²) in [5.41, 5.74) is -0.251. The van der Waals surface area contributed by atoms with Gasteiger partial charge in [0.2, 0.25) is 5.91 Å². The number of fused-ring (bicyclic) bond motifs is 2. The van der Waals surface area contributed by atoms with Crippen molar-refractivity contribution in [1.82, 2.24) is 10.6 Å². The molecule has 0 aromatic rings. The molecule has 0 aromatic carbocycles. The third-order valence-corrected chi connectivity index (χ3v) is 4.18. The lowest BCUT2D eigenvalue weighted by atomic mass is 9.88. The number of nitrogens with one attached hydrogen (secondary N) is 2. The summed E-state index contributed by atoms with van der Waals surface area (Å²) in [5, 5.41) is 15.6. The lowest BCUT2D eigenvalue weighted by Gasteiger charge is -2.22. The summed E-state index contributed by atoms with van der Waals surface area (Å²) >= 11 is 0. The zero-order chi connectivity index (χ0) is 10.5. The Morgan fingerprint density at radius 3 is 2.73 bits per heavy atom. The van der Waals surface area contributed by atoms with Gasteiger partial charge < -0.3 is 15.7 Å². The van der Waals surface area contributed by atoms with E-state index in [1.165, 1.54) is 6.42 Å². The van der Waals surface area contributed by atoms with Crippen LogP contribution in [0.2, 0.25) is 0 Å². The maximum Gasteiger partial charge on any atom is 0.225 e. The molecule has 1 aliphatic carbocycles. The molecular weight excluding hydrogens is 192 g/mol. The quantitative estimate of drug-likeness (QED) is 0.603. The van der Waals surface area contributed by atoms with E-state index in [0.29, 0.717) is 12.1 Å². The molecule has 3 unspecified atom stereocenters. The summed E-state index contributed by atoms with van der Waals surface area (Å²) in [5.74, 6) is 0.300. The largest absolute Gasteiger partial charge is 0.394 e. The van der Waals surface area contributed by atoms with Gasteiger partial charge in [0.15, 0.2) is 0 Å². The van der Waals surface area contributed by atoms with E-state index in [-0.39, 0.29) is 24.0 Å². The Bertz CT molecular complexity index is 288. The van der Waals surface area contributed by atoms with Crippen molar-refractivity contribution >= 4 is 5.91 Å². The fourth-order valence-corrected chi connectivity index (χ4v) is 2.94. The number of rotatable bonds is 3. The number of carbonyl (C=O) groups is 1. The Morgan fingerprint density at radius 2 is 2.27 bits per heavy atom. The first-order chi connectivity index (χ1) is 7.22. The van der Waals surface area contributed by atoms with E-state index in [0.717, 1.165) is 25.7 Å². The molecule has 3 fully saturated rings. The Morgan fingerprint density at radius 1 is 1.47 bits per heavy atom. The molecule has 15 heavy (non-hydrogen) atoms. The van der Waals surface area contributed by atoms with Crippen LogP contribution in [0.15, 0.2) is 0 Å². The third kappa shape index (κ3) is 1.56. The van der Waals surface area contributed by atoms with E-state index in [1.807, 2.05) is 0 Å². The third-order valence-electron chi connectivity index (χ3n) is 4.18. The molecule has 2 aliphatic heterocycles. The first kappa shape index (κ1) is 9.60. The van der Waals surface area contributed by atoms with Crippen LogP contribution in [0.4, 0.5) is 0 Å². The lowest BCUT2D eigenvalue weighted by Crippen LogP contribution is -2.45. The van der Waals surface area contributed by atoms with Gasteiger partial charge in [-0.1, -0.05) is 0 Å². The van der Waals surface area contributed by atoms with Crippen LogP contribution in [0.1, 0.15) is 32.1 Å². The Hall–Kier alpha value is -0.610. The standard InChI is InChI=1S/C11H18N2O2/c14-6-11(3-4-11)13-10(15)8-5-7-1-2-9(8)12-7/h7-9,12,14H,1-6H2,(H,13,15). The molecule has 2 heterocycles. The van der Waals surface area contributed by atoms with E-state index in [4.69, 9.17) is 5.11 Å². The predicted octanol–water partition coefficient (Wildman–Crippen LogP) is -0.232. The highest BCUT2D eigenvalue weighted by Gasteiger charge is 2.48. The molecule has 1 saturated carbocycles. The van der Waals surface area contributed by atoms with Gasteiger partial charge in [-0.25, -0.2) is 0 Å². The molecule has 3 rings (SSSR count). The summed E-state index contributed by atoms with van der Waals surface area (Å²) in [6.07, 6.45) is 5.21. The molecule has 0 radical (unpaired) electrons. The first-order valence-electron chi connectivity index (χ1n) is 5.91. The van der Waals surface area contributed by atoms with Crippen molar-refractivity contribution in [3.63, 3.8) is 0 Å². The molecule has 4 nitrogen and oxygen atoms in total. The normalized spacial score (nSPS) is 40.5. The Kier molecular flexibility index (Phi) is 2.04. The van der Waals surface area contributed by atoms with Crippen LogP contribution in [-0.4, -0.2) is 35.2 Å². The molecule has 3 aliphatic rings. The van der Waals surface area contributed by atoms with E-state index < -0.39 is 0 Å². The first-order valence-corrected chi connectivity index (χ1v) is 5.91. The molecule has 2 saturated heterocycles. The summed E-state index contributed by atoms with van der Waals surface area (Å²) < 4.78 is 0. The number of amides is 1. The minimum absolute atomic E-state index is 0.0903. The SMILES string of the molecule is O=C(NC1(CO)CC1)C1CC2CCC1N2. The van der Waals surface area contributed by atoms with Crippen LogP contribution in [-0.2, 0) is 4.79 Å². The number of hydrogen-bond donors (Lipinski definition) is 3. The maximum absolute atomic E-state index is 12.0. The van der Waals surface area contributed by atoms with Crippen LogP contribution < -0.4 is 10.6 Å². The fourth-order valence-electron chi connectivity index (χ4n) is 2.94. The molecule has 1 amide bonds. The maximum atomic E-state index is 12.0. The van der Waals surface area contributed by atoms with Crippen molar-refractivity contribution in [1.29, 1.82) is 0 Å². The zero-order valence-corrected chi connectivity index (χ0v) is 8.83. The highest BCUT2D eigenvalue weighted by atomic mass is 16.3. The molecule has 4 heteroatoms. The molecule has 2 bridgehead atoms. The molecule has 0 spiro atoms. The summed E-state index contributed by atoms with van der Waals surface area (Å²) in [4.78, 5) is 12.0. The van der Waals surface area contributed by atoms with Crippen molar-refractivity contribution in [3.05, 3.63) is 0 Å². The van der Waals surface area contributed by atoms with Crippen LogP contribution in [0, 0.1) is 5.92 Å². The van der Waals surface area contributed by atoms with Gasteiger partial charge in [0.1, 0.15) is 0 Å². The summed E-state index contributed by atoms with van der Waals surface area (Å²) in [7, 11) is 0. The minimum Gasteiger partial charge on any atom is -0.394 e. The van der Waals surface area contributed by atoms with Gasteiger partial charge >= 0.3 is 0 Å². The monoisotopic (exact) mass is 210 g/mol. The molecule has 0 aromatic heterocycles. The van der Waals surface area contributed by atoms with E-state index in [1.54, 1.807) is 0 Å². The summed E-state index contributed by atoms with van der Waals surface area (Å²) in [6, 6.07) is 0.958. The lowest BCUT2D eigenvalue weighted by molar-refractivity contribution is -0.126. The average Bonchev–Trinajstić information content (AvgIpc) is 2.73. The van der Waals surface area contributed by atoms with E-state index in [9.17, 15) is 4.79 Å². The van der Waals surface area contributed by atoms with Crippen LogP contribution >= 0.6 is 0 Å². The van der Waals surface area contributed by atoms with Crippen molar-refractivity contribution in [2.24, 2.45) is 5.92 Å². The number of carbonyl (C=O) groups excluding carboxylic acids is 1. The smallest absolute Gasteiger partial charge is 0.225 e. The fraction of sp³-hybridized carbons (Fsp3) is 0.909. The van der Waals surface area contributed by atoms with Crippen LogP contribution in [0.5, 0.6) is 0 Å². The van der Waals surface area contributed by atoms with E-state index >= 15 is 0 Å². The second-order valence-corrected chi connectivity index (χ2v) is 5.32. The van der Waals surface area contributed by atoms with Gasteiger partial charge in [-0.15, -0.1) is 0 Å². The second-order valence-electron chi connectivity index (χ2n) is 5.32. The summed E-state index contributed by atoms with van der Waals surface area (Å²) in [6.45, 7) is 0.0903. The van der Waals surface area contributed by atoms with Gasteiger partial charge in [-0.3, -0.25) is 4.79 Å². The number of aliphatic hydroxyl groups excluding tert-OH is 1. The predicted molar refractivity (Wildman–Crippen MR) is 55.2 cm³/mol. The van der Waals surface area contributed by atoms with Crippen molar-refractivity contribution in [2.45, 2.75) is 49.7 Å². The average molecular weight is 210 g/mol. The number of aliphatic hydroxyl groups is 1. The van der Waals surface area contributed by atoms with Gasteiger partial charge in [-0.05, 0) is 32.1 Å². The van der Waals surface area contributed by atoms with Gasteiger partial charge in [-0.2, -0.15) is 0 Å². The zero-order valence-electron chi connectivity index (χ0n) is 8.83. The highest BCUT2D eigenvalue weighted by molar-refractivity contribution is 5.81. The van der Waals surface area contributed by atoms with Gasteiger partial charge in [0.05, 0.1) is 18.1 Å². The molecular formula is C11H18N2O2. The van der Waals surface area contributed by atoms with Gasteiger partial charge in [0, 0.05) is 12.1 Å². The van der Waals surface area contributed by atoms with Crippen molar-refractivity contribution in [2.75, 3.05) is 6.61 Å². The Balaban J connectivity index is 1.61. The van der Waals surface area contributed by atoms with Crippen molar-refractivity contribution < 1.29 is 9.90 Å². The van der Waals surface area contributed by atoms with Crippen LogP contribution in [0.3, 0.4) is 0 Å².